The number of hydrogen-bond donors (Lipinski definition) is 3. The van der Waals surface area contributed by atoms with Gasteiger partial charge < -0.3 is 20.2 Å². The zero-order valence-corrected chi connectivity index (χ0v) is 28.3. The van der Waals surface area contributed by atoms with E-state index in [-0.39, 0.29) is 29.9 Å². The third kappa shape index (κ3) is 6.31. The smallest absolute Gasteiger partial charge is 0.657 e. The Morgan fingerprint density at radius 2 is 1.38 bits per heavy atom. The van der Waals surface area contributed by atoms with Crippen LogP contribution in [0, 0.1) is 13.8 Å². The van der Waals surface area contributed by atoms with Crippen molar-refractivity contribution in [1.29, 1.82) is 0 Å². The first kappa shape index (κ1) is 32.9. The third-order valence-electron chi connectivity index (χ3n) is 8.59. The second-order valence-corrected chi connectivity index (χ2v) is 13.4. The van der Waals surface area contributed by atoms with Gasteiger partial charge in [0.2, 0.25) is 0 Å². The normalized spacial score (nSPS) is 15.7. The molecule has 0 unspecified atom stereocenters. The van der Waals surface area contributed by atoms with E-state index in [4.69, 9.17) is 19.9 Å². The Morgan fingerprint density at radius 3 is 2.02 bits per heavy atom. The van der Waals surface area contributed by atoms with Crippen LogP contribution in [-0.4, -0.2) is 43.1 Å². The molecule has 8 nitrogen and oxygen atoms in total. The standard InChI is InChI=1S/C34H34N4O4S2.Fe/c1-15-20(6-8-31(39)40)26-13-27-21(7-9-32(41)42)16(2)23(36-27)11-29-34(30-14-44-30)18(4)25(38-29)12-28-33(19(5)43)17(3)24(37-28)10-22(15)35-26;/h10-13,30H,5-9,14H2,1-4H3,(H5,35,36,37,38,39,40,41,42,43);/q;+2/p-1/t30-;/m0./s1. The summed E-state index contributed by atoms with van der Waals surface area (Å²) >= 11 is 5.98. The van der Waals surface area contributed by atoms with Crippen LogP contribution in [0.2, 0.25) is 0 Å². The summed E-state index contributed by atoms with van der Waals surface area (Å²) in [6.07, 6.45) is 0.528. The predicted molar refractivity (Wildman–Crippen MR) is 182 cm³/mol. The van der Waals surface area contributed by atoms with Crippen LogP contribution in [0.25, 0.3) is 49.3 Å². The van der Waals surface area contributed by atoms with Gasteiger partial charge in [-0.05, 0) is 74.6 Å². The van der Waals surface area contributed by atoms with Gasteiger partial charge in [0.25, 0.3) is 0 Å². The molecule has 0 aromatic carbocycles. The molecule has 3 aromatic rings. The minimum atomic E-state index is -0.894. The monoisotopic (exact) mass is 681 g/mol. The Hall–Kier alpha value is -3.50. The van der Waals surface area contributed by atoms with E-state index in [2.05, 4.69) is 26.1 Å². The first-order valence-electron chi connectivity index (χ1n) is 14.5. The van der Waals surface area contributed by atoms with Crippen LogP contribution in [0.4, 0.5) is 0 Å². The maximum atomic E-state index is 11.6. The molecule has 0 saturated carbocycles. The number of fused-ring (bicyclic) bond motifs is 8. The molecule has 2 N–H and O–H groups in total. The minimum absolute atomic E-state index is 0. The van der Waals surface area contributed by atoms with Gasteiger partial charge in [-0.15, -0.1) is 34.7 Å². The Labute approximate surface area is 281 Å². The van der Waals surface area contributed by atoms with Crippen LogP contribution in [0.3, 0.4) is 0 Å². The summed E-state index contributed by atoms with van der Waals surface area (Å²) in [5, 5.41) is 19.4. The van der Waals surface area contributed by atoms with E-state index >= 15 is 0 Å². The van der Waals surface area contributed by atoms with Crippen molar-refractivity contribution in [2.75, 3.05) is 5.75 Å². The average Bonchev–Trinajstić information content (AvgIpc) is 3.49. The molecule has 1 atom stereocenters. The number of thiol groups is 2. The molecule has 3 aliphatic heterocycles. The fraction of sp³-hybridized carbons (Fsp3) is 0.294. The maximum absolute atomic E-state index is 11.6. The number of carbonyl (C=O) groups is 2. The molecule has 11 heteroatoms. The summed E-state index contributed by atoms with van der Waals surface area (Å²) in [7, 11) is 0. The molecule has 6 rings (SSSR count). The first-order valence-corrected chi connectivity index (χ1v) is 16.1. The van der Waals surface area contributed by atoms with Crippen LogP contribution in [0.1, 0.15) is 78.1 Å². The van der Waals surface area contributed by atoms with Gasteiger partial charge in [0, 0.05) is 23.3 Å². The molecule has 8 bridgehead atoms. The molecule has 0 spiro atoms. The fourth-order valence-electron chi connectivity index (χ4n) is 6.10. The van der Waals surface area contributed by atoms with Crippen molar-refractivity contribution in [3.63, 3.8) is 0 Å². The van der Waals surface area contributed by atoms with Crippen molar-refractivity contribution in [1.82, 2.24) is 19.9 Å². The zero-order chi connectivity index (χ0) is 31.4. The number of aromatic nitrogens is 4. The molecule has 0 amide bonds. The Bertz CT molecular complexity index is 2020. The van der Waals surface area contributed by atoms with Gasteiger partial charge in [0.15, 0.2) is 11.0 Å². The largest absolute Gasteiger partial charge is 2.00 e. The SMILES string of the molecule is C=C(S)c1c(C)c2cc3nc(cc4[n-]c(cc5nc(cc1[n-]2)C(C)=C5[C@@H]1C[SH+]1)c(C)c4CCC(=O)O)C(CCC(=O)O)=C3C.[Fe+2]. The third-order valence-corrected chi connectivity index (χ3v) is 9.81. The second-order valence-electron chi connectivity index (χ2n) is 11.5. The van der Waals surface area contributed by atoms with Crippen LogP contribution in [0.5, 0.6) is 0 Å². The summed E-state index contributed by atoms with van der Waals surface area (Å²) in [5.74, 6) is -0.696. The molecule has 1 saturated heterocycles. The average molecular weight is 682 g/mol. The van der Waals surface area contributed by atoms with E-state index in [1.807, 2.05) is 45.0 Å². The number of carboxylic acid groups (broad SMARTS) is 2. The number of carboxylic acids is 2. The van der Waals surface area contributed by atoms with E-state index < -0.39 is 11.9 Å². The van der Waals surface area contributed by atoms with Gasteiger partial charge in [0.05, 0.1) is 22.8 Å². The Morgan fingerprint density at radius 1 is 0.844 bits per heavy atom. The van der Waals surface area contributed by atoms with Gasteiger partial charge >= 0.3 is 29.0 Å². The molecule has 45 heavy (non-hydrogen) atoms. The summed E-state index contributed by atoms with van der Waals surface area (Å²) < 4.78 is 0. The van der Waals surface area contributed by atoms with Gasteiger partial charge in [-0.1, -0.05) is 47.5 Å². The van der Waals surface area contributed by atoms with Crippen molar-refractivity contribution >= 4 is 85.6 Å². The topological polar surface area (TPSA) is 129 Å². The molecule has 0 radical (unpaired) electrons. The van der Waals surface area contributed by atoms with E-state index in [9.17, 15) is 19.8 Å². The summed E-state index contributed by atoms with van der Waals surface area (Å²) in [6.45, 7) is 12.1. The Balaban J connectivity index is 0.00000400. The quantitative estimate of drug-likeness (QED) is 0.114. The van der Waals surface area contributed by atoms with Crippen LogP contribution in [-0.2, 0) is 44.8 Å². The molecule has 3 aliphatic rings. The van der Waals surface area contributed by atoms with Crippen molar-refractivity contribution in [3.05, 3.63) is 75.9 Å². The van der Waals surface area contributed by atoms with Crippen molar-refractivity contribution in [2.45, 2.75) is 58.6 Å². The van der Waals surface area contributed by atoms with E-state index in [1.54, 1.807) is 0 Å². The number of allylic oxidation sites excluding steroid dienone is 3. The molecule has 232 valence electrons. The first-order chi connectivity index (χ1) is 20.9. The number of rotatable bonds is 8. The van der Waals surface area contributed by atoms with E-state index in [0.29, 0.717) is 39.9 Å². The summed E-state index contributed by atoms with van der Waals surface area (Å²) in [6, 6.07) is 7.81. The molecule has 3 aromatic heterocycles. The Kier molecular flexibility index (Phi) is 9.29. The zero-order valence-electron chi connectivity index (χ0n) is 25.4. The van der Waals surface area contributed by atoms with Crippen LogP contribution < -0.4 is 9.97 Å². The second kappa shape index (κ2) is 12.7. The van der Waals surface area contributed by atoms with Gasteiger partial charge in [0.1, 0.15) is 0 Å². The predicted octanol–water partition coefficient (Wildman–Crippen LogP) is 6.03. The fourth-order valence-corrected chi connectivity index (χ4v) is 7.18. The van der Waals surface area contributed by atoms with Crippen molar-refractivity contribution in [2.24, 2.45) is 0 Å². The van der Waals surface area contributed by atoms with Gasteiger partial charge in [-0.3, -0.25) is 9.59 Å². The number of aliphatic carboxylic acids is 2. The molecular formula is C34H33FeN4O4S2+. The van der Waals surface area contributed by atoms with Gasteiger partial charge in [-0.2, -0.15) is 0 Å². The summed E-state index contributed by atoms with van der Waals surface area (Å²) in [4.78, 5) is 43.8. The number of nitrogens with zero attached hydrogens (tertiary/aromatic N) is 4. The molecule has 0 aliphatic carbocycles. The van der Waals surface area contributed by atoms with Crippen molar-refractivity contribution in [3.8, 4) is 0 Å². The van der Waals surface area contributed by atoms with E-state index in [1.165, 1.54) is 17.3 Å². The van der Waals surface area contributed by atoms with E-state index in [0.717, 1.165) is 72.7 Å². The number of hydrogen-bond acceptors (Lipinski definition) is 5. The minimum Gasteiger partial charge on any atom is -0.657 e. The van der Waals surface area contributed by atoms with Crippen LogP contribution in [0.15, 0.2) is 30.8 Å². The molecule has 1 fully saturated rings. The van der Waals surface area contributed by atoms with Crippen molar-refractivity contribution < 1.29 is 36.9 Å². The summed E-state index contributed by atoms with van der Waals surface area (Å²) in [5.41, 5.74) is 13.4. The molecular weight excluding hydrogens is 648 g/mol. The number of aryl methyl sites for hydroxylation is 3. The van der Waals surface area contributed by atoms with Crippen LogP contribution >= 0.6 is 12.6 Å². The van der Waals surface area contributed by atoms with Gasteiger partial charge in [-0.25, -0.2) is 9.97 Å². The molecule has 6 heterocycles. The maximum Gasteiger partial charge on any atom is 2.00 e.